The Balaban J connectivity index is 2.55. The molecule has 0 amide bonds. The average Bonchev–Trinajstić information content (AvgIpc) is 2.37. The van der Waals surface area contributed by atoms with Gasteiger partial charge in [0, 0.05) is 24.5 Å². The quantitative estimate of drug-likeness (QED) is 0.376. The van der Waals surface area contributed by atoms with Crippen molar-refractivity contribution in [2.45, 2.75) is 0 Å². The molecule has 3 N–H and O–H groups in total. The third-order valence-electron chi connectivity index (χ3n) is 2.51. The van der Waals surface area contributed by atoms with Gasteiger partial charge in [-0.1, -0.05) is 59.9 Å². The molecule has 0 unspecified atom stereocenters. The van der Waals surface area contributed by atoms with Gasteiger partial charge < -0.3 is 5.73 Å². The van der Waals surface area contributed by atoms with Crippen LogP contribution < -0.4 is 11.2 Å². The number of hydrazone groups is 1. The fraction of sp³-hybridized carbons (Fsp3) is 0. The van der Waals surface area contributed by atoms with Gasteiger partial charge in [0.1, 0.15) is 0 Å². The molecule has 0 atom stereocenters. The second-order valence-corrected chi connectivity index (χ2v) is 7.29. The van der Waals surface area contributed by atoms with Gasteiger partial charge >= 0.3 is 0 Å². The zero-order chi connectivity index (χ0) is 15.4. The van der Waals surface area contributed by atoms with Crippen molar-refractivity contribution in [3.05, 3.63) is 67.0 Å². The second-order valence-electron chi connectivity index (χ2n) is 4.10. The summed E-state index contributed by atoms with van der Waals surface area (Å²) in [6, 6.07) is 13.8. The molecule has 7 heteroatoms. The van der Waals surface area contributed by atoms with E-state index < -0.39 is 0 Å². The van der Waals surface area contributed by atoms with Crippen molar-refractivity contribution in [3.8, 4) is 0 Å². The molecule has 0 fully saturated rings. The molecule has 0 aliphatic heterocycles. The highest BCUT2D eigenvalue weighted by atomic mass is 79.9. The molecule has 108 valence electrons. The first kappa shape index (κ1) is 16.6. The van der Waals surface area contributed by atoms with Crippen LogP contribution in [0.5, 0.6) is 0 Å². The molecule has 0 aliphatic carbocycles. The number of halogens is 3. The molecule has 0 bridgehead atoms. The first-order chi connectivity index (χ1) is 9.95. The largest absolute Gasteiger partial charge is 0.375 e. The van der Waals surface area contributed by atoms with E-state index in [1.54, 1.807) is 0 Å². The van der Waals surface area contributed by atoms with E-state index in [1.807, 2.05) is 42.5 Å². The minimum Gasteiger partial charge on any atom is -0.375 e. The van der Waals surface area contributed by atoms with Crippen LogP contribution in [0.25, 0.3) is 0 Å². The van der Waals surface area contributed by atoms with Gasteiger partial charge in [-0.2, -0.15) is 5.10 Å². The monoisotopic (exact) mass is 489 g/mol. The maximum absolute atomic E-state index is 5.47. The highest BCUT2D eigenvalue weighted by Crippen LogP contribution is 2.23. The lowest BCUT2D eigenvalue weighted by atomic mass is 10.0. The molecule has 0 aromatic heterocycles. The normalized spacial score (nSPS) is 11.3. The Labute approximate surface area is 153 Å². The first-order valence-corrected chi connectivity index (χ1v) is 8.60. The van der Waals surface area contributed by atoms with Crippen LogP contribution in [0.15, 0.2) is 61.0 Å². The van der Waals surface area contributed by atoms with Crippen molar-refractivity contribution in [1.29, 1.82) is 0 Å². The summed E-state index contributed by atoms with van der Waals surface area (Å²) in [6.07, 6.45) is 0. The van der Waals surface area contributed by atoms with Crippen LogP contribution in [0.1, 0.15) is 11.1 Å². The first-order valence-electron chi connectivity index (χ1n) is 5.81. The number of hydrogen-bond acceptors (Lipinski definition) is 2. The summed E-state index contributed by atoms with van der Waals surface area (Å²) in [7, 11) is 0. The number of nitrogens with two attached hydrogens (primary N) is 1. The number of hydrogen-bond donors (Lipinski definition) is 2. The third-order valence-corrected chi connectivity index (χ3v) is 4.01. The molecule has 2 aromatic rings. The second kappa shape index (κ2) is 7.49. The predicted octanol–water partition coefficient (Wildman–Crippen LogP) is 4.56. The Morgan fingerprint density at radius 3 is 2.14 bits per heavy atom. The van der Waals surface area contributed by atoms with Crippen LogP contribution in [0.2, 0.25) is 0 Å². The number of rotatable bonds is 3. The lowest BCUT2D eigenvalue weighted by Crippen LogP contribution is -2.26. The molecular formula is C14H10Br3N3S. The number of nitrogens with one attached hydrogen (secondary N) is 1. The molecule has 0 saturated heterocycles. The maximum atomic E-state index is 5.47. The van der Waals surface area contributed by atoms with Crippen LogP contribution in [0.4, 0.5) is 0 Å². The van der Waals surface area contributed by atoms with Crippen LogP contribution in [-0.4, -0.2) is 10.8 Å². The van der Waals surface area contributed by atoms with Crippen LogP contribution in [0.3, 0.4) is 0 Å². The molecule has 2 rings (SSSR count). The molecule has 21 heavy (non-hydrogen) atoms. The molecular weight excluding hydrogens is 482 g/mol. The summed E-state index contributed by atoms with van der Waals surface area (Å²) in [5.41, 5.74) is 10.7. The van der Waals surface area contributed by atoms with Crippen molar-refractivity contribution >= 4 is 70.8 Å². The zero-order valence-electron chi connectivity index (χ0n) is 10.6. The highest BCUT2D eigenvalue weighted by Gasteiger charge is 2.10. The standard InChI is InChI=1S/C14H10Br3N3S/c15-10-3-1-2-8(4-10)13(19-20-14(18)21)9-5-11(16)7-12(17)6-9/h1-7H,(H3,18,20,21). The number of thiocarbonyl (C=S) groups is 1. The zero-order valence-corrected chi connectivity index (χ0v) is 16.2. The Morgan fingerprint density at radius 2 is 1.57 bits per heavy atom. The minimum absolute atomic E-state index is 0.122. The van der Waals surface area contributed by atoms with E-state index in [1.165, 1.54) is 0 Å². The van der Waals surface area contributed by atoms with Gasteiger partial charge in [-0.25, -0.2) is 0 Å². The van der Waals surface area contributed by atoms with Crippen molar-refractivity contribution in [2.24, 2.45) is 10.8 Å². The lowest BCUT2D eigenvalue weighted by Gasteiger charge is -2.09. The lowest BCUT2D eigenvalue weighted by molar-refractivity contribution is 1.03. The average molecular weight is 492 g/mol. The van der Waals surface area contributed by atoms with Crippen LogP contribution in [-0.2, 0) is 0 Å². The Hall–Kier alpha value is -0.760. The molecule has 0 radical (unpaired) electrons. The maximum Gasteiger partial charge on any atom is 0.184 e. The summed E-state index contributed by atoms with van der Waals surface area (Å²) < 4.78 is 2.87. The van der Waals surface area contributed by atoms with E-state index in [0.717, 1.165) is 30.3 Å². The molecule has 3 nitrogen and oxygen atoms in total. The van der Waals surface area contributed by atoms with E-state index in [2.05, 4.69) is 58.3 Å². The van der Waals surface area contributed by atoms with Crippen molar-refractivity contribution < 1.29 is 0 Å². The molecule has 2 aromatic carbocycles. The van der Waals surface area contributed by atoms with Crippen molar-refractivity contribution in [1.82, 2.24) is 5.43 Å². The minimum atomic E-state index is 0.122. The predicted molar refractivity (Wildman–Crippen MR) is 102 cm³/mol. The van der Waals surface area contributed by atoms with Gasteiger partial charge in [-0.05, 0) is 42.5 Å². The van der Waals surface area contributed by atoms with Gasteiger partial charge in [0.25, 0.3) is 0 Å². The summed E-state index contributed by atoms with van der Waals surface area (Å²) in [5.74, 6) is 0. The Bertz CT molecular complexity index is 696. The van der Waals surface area contributed by atoms with Gasteiger partial charge in [0.15, 0.2) is 5.11 Å². The fourth-order valence-corrected chi connectivity index (χ4v) is 3.47. The molecule has 0 heterocycles. The van der Waals surface area contributed by atoms with Crippen LogP contribution >= 0.6 is 60.0 Å². The van der Waals surface area contributed by atoms with E-state index >= 15 is 0 Å². The summed E-state index contributed by atoms with van der Waals surface area (Å²) in [5, 5.41) is 4.45. The Kier molecular flexibility index (Phi) is 5.92. The van der Waals surface area contributed by atoms with Gasteiger partial charge in [0.2, 0.25) is 0 Å². The topological polar surface area (TPSA) is 50.4 Å². The summed E-state index contributed by atoms with van der Waals surface area (Å²) in [6.45, 7) is 0. The van der Waals surface area contributed by atoms with E-state index in [0.29, 0.717) is 0 Å². The van der Waals surface area contributed by atoms with E-state index in [-0.39, 0.29) is 5.11 Å². The molecule has 0 aliphatic rings. The van der Waals surface area contributed by atoms with Crippen molar-refractivity contribution in [2.75, 3.05) is 0 Å². The van der Waals surface area contributed by atoms with Gasteiger partial charge in [-0.3, -0.25) is 5.43 Å². The Morgan fingerprint density at radius 1 is 0.952 bits per heavy atom. The van der Waals surface area contributed by atoms with Crippen molar-refractivity contribution in [3.63, 3.8) is 0 Å². The number of nitrogens with zero attached hydrogens (tertiary/aromatic N) is 1. The number of benzene rings is 2. The summed E-state index contributed by atoms with van der Waals surface area (Å²) in [4.78, 5) is 0. The fourth-order valence-electron chi connectivity index (χ4n) is 1.73. The smallest absolute Gasteiger partial charge is 0.184 e. The highest BCUT2D eigenvalue weighted by molar-refractivity contribution is 9.11. The van der Waals surface area contributed by atoms with E-state index in [4.69, 9.17) is 18.0 Å². The van der Waals surface area contributed by atoms with Gasteiger partial charge in [-0.15, -0.1) is 0 Å². The SMILES string of the molecule is NC(=S)NN=C(c1cccc(Br)c1)c1cc(Br)cc(Br)c1. The molecule has 0 spiro atoms. The van der Waals surface area contributed by atoms with E-state index in [9.17, 15) is 0 Å². The van der Waals surface area contributed by atoms with Gasteiger partial charge in [0.05, 0.1) is 5.71 Å². The van der Waals surface area contributed by atoms with Crippen LogP contribution in [0, 0.1) is 0 Å². The third kappa shape index (κ3) is 4.88. The summed E-state index contributed by atoms with van der Waals surface area (Å²) >= 11 is 15.3. The molecule has 0 saturated carbocycles.